The molecule has 0 aromatic heterocycles. The third-order valence-corrected chi connectivity index (χ3v) is 2.08. The minimum Gasteiger partial charge on any atom is -0.383 e. The number of nitrogens with zero attached hydrogens (tertiary/aromatic N) is 1. The molecular formula is C9H12N2O2. The number of nitrogens with one attached hydrogen (secondary N) is 1. The van der Waals surface area contributed by atoms with Crippen molar-refractivity contribution < 1.29 is 4.92 Å². The van der Waals surface area contributed by atoms with Gasteiger partial charge in [-0.05, 0) is 31.0 Å². The van der Waals surface area contributed by atoms with Crippen molar-refractivity contribution in [3.8, 4) is 0 Å². The number of rotatable bonds is 2. The Labute approximate surface area is 76.7 Å². The Morgan fingerprint density at radius 2 is 1.85 bits per heavy atom. The fraction of sp³-hybridized carbons (Fsp3) is 0.333. The predicted octanol–water partition coefficient (Wildman–Crippen LogP) is 2.25. The van der Waals surface area contributed by atoms with Crippen LogP contribution in [-0.2, 0) is 0 Å². The number of nitro groups is 1. The number of hydrogen-bond donors (Lipinski definition) is 1. The maximum Gasteiger partial charge on any atom is 0.292 e. The molecule has 0 saturated carbocycles. The molecule has 0 heterocycles. The van der Waals surface area contributed by atoms with E-state index in [2.05, 4.69) is 5.32 Å². The van der Waals surface area contributed by atoms with Crippen molar-refractivity contribution in [1.82, 2.24) is 0 Å². The van der Waals surface area contributed by atoms with E-state index in [4.69, 9.17) is 0 Å². The van der Waals surface area contributed by atoms with Gasteiger partial charge in [0.25, 0.3) is 5.69 Å². The van der Waals surface area contributed by atoms with Gasteiger partial charge < -0.3 is 5.32 Å². The van der Waals surface area contributed by atoms with Gasteiger partial charge in [-0.2, -0.15) is 0 Å². The molecule has 0 radical (unpaired) electrons. The average molecular weight is 180 g/mol. The van der Waals surface area contributed by atoms with E-state index in [0.29, 0.717) is 5.69 Å². The Kier molecular flexibility index (Phi) is 2.51. The summed E-state index contributed by atoms with van der Waals surface area (Å²) in [5.74, 6) is 0. The van der Waals surface area contributed by atoms with Crippen molar-refractivity contribution in [2.75, 3.05) is 12.4 Å². The van der Waals surface area contributed by atoms with Gasteiger partial charge in [-0.25, -0.2) is 0 Å². The molecule has 1 N–H and O–H groups in total. The Bertz CT molecular complexity index is 348. The van der Waals surface area contributed by atoms with E-state index in [0.717, 1.165) is 11.1 Å². The molecule has 0 atom stereocenters. The Morgan fingerprint density at radius 3 is 2.31 bits per heavy atom. The van der Waals surface area contributed by atoms with Crippen LogP contribution in [0.3, 0.4) is 0 Å². The van der Waals surface area contributed by atoms with Crippen molar-refractivity contribution in [2.45, 2.75) is 13.8 Å². The molecule has 0 unspecified atom stereocenters. The Balaban J connectivity index is 3.33. The lowest BCUT2D eigenvalue weighted by molar-refractivity contribution is -0.384. The summed E-state index contributed by atoms with van der Waals surface area (Å²) in [6.45, 7) is 3.79. The first-order chi connectivity index (χ1) is 6.06. The summed E-state index contributed by atoms with van der Waals surface area (Å²) in [4.78, 5) is 10.2. The van der Waals surface area contributed by atoms with Gasteiger partial charge in [0, 0.05) is 13.1 Å². The quantitative estimate of drug-likeness (QED) is 0.561. The van der Waals surface area contributed by atoms with Crippen LogP contribution in [0.15, 0.2) is 12.1 Å². The molecule has 1 aromatic rings. The normalized spacial score (nSPS) is 9.77. The summed E-state index contributed by atoms with van der Waals surface area (Å²) in [5.41, 5.74) is 2.68. The molecule has 0 bridgehead atoms. The van der Waals surface area contributed by atoms with Crippen molar-refractivity contribution >= 4 is 11.4 Å². The zero-order valence-electron chi connectivity index (χ0n) is 7.92. The van der Waals surface area contributed by atoms with Crippen molar-refractivity contribution in [1.29, 1.82) is 0 Å². The molecule has 0 fully saturated rings. The average Bonchev–Trinajstić information content (AvgIpc) is 2.08. The largest absolute Gasteiger partial charge is 0.383 e. The summed E-state index contributed by atoms with van der Waals surface area (Å²) < 4.78 is 0. The monoisotopic (exact) mass is 180 g/mol. The smallest absolute Gasteiger partial charge is 0.292 e. The second kappa shape index (κ2) is 3.43. The molecule has 0 aliphatic heterocycles. The molecule has 0 saturated heterocycles. The topological polar surface area (TPSA) is 55.2 Å². The molecule has 4 heteroatoms. The standard InChI is InChI=1S/C9H12N2O2/c1-6-4-8(10-3)9(11(12)13)5-7(6)2/h4-5,10H,1-3H3. The molecule has 0 aliphatic rings. The zero-order chi connectivity index (χ0) is 10.0. The highest BCUT2D eigenvalue weighted by Gasteiger charge is 2.13. The predicted molar refractivity (Wildman–Crippen MR) is 52.1 cm³/mol. The number of nitro benzene ring substituents is 1. The van der Waals surface area contributed by atoms with Crippen LogP contribution >= 0.6 is 0 Å². The highest BCUT2D eigenvalue weighted by Crippen LogP contribution is 2.27. The van der Waals surface area contributed by atoms with Crippen LogP contribution in [0.2, 0.25) is 0 Å². The Hall–Kier alpha value is -1.58. The lowest BCUT2D eigenvalue weighted by atomic mass is 10.1. The number of hydrogen-bond acceptors (Lipinski definition) is 3. The second-order valence-corrected chi connectivity index (χ2v) is 2.96. The van der Waals surface area contributed by atoms with Gasteiger partial charge in [-0.1, -0.05) is 0 Å². The molecule has 13 heavy (non-hydrogen) atoms. The second-order valence-electron chi connectivity index (χ2n) is 2.96. The fourth-order valence-corrected chi connectivity index (χ4v) is 1.15. The van der Waals surface area contributed by atoms with Crippen molar-refractivity contribution in [2.24, 2.45) is 0 Å². The first-order valence-electron chi connectivity index (χ1n) is 3.99. The summed E-state index contributed by atoms with van der Waals surface area (Å²) in [5, 5.41) is 13.4. The Morgan fingerprint density at radius 1 is 1.31 bits per heavy atom. The molecule has 1 aromatic carbocycles. The SMILES string of the molecule is CNc1cc(C)c(C)cc1[N+](=O)[O-]. The summed E-state index contributed by atoms with van der Waals surface area (Å²) in [7, 11) is 1.68. The van der Waals surface area contributed by atoms with Crippen LogP contribution < -0.4 is 5.32 Å². The minimum absolute atomic E-state index is 0.130. The van der Waals surface area contributed by atoms with Gasteiger partial charge in [0.2, 0.25) is 0 Å². The minimum atomic E-state index is -0.377. The van der Waals surface area contributed by atoms with Crippen LogP contribution in [0.1, 0.15) is 11.1 Å². The van der Waals surface area contributed by atoms with Gasteiger partial charge in [0.15, 0.2) is 0 Å². The summed E-state index contributed by atoms with van der Waals surface area (Å²) in [6, 6.07) is 3.37. The van der Waals surface area contributed by atoms with E-state index in [1.54, 1.807) is 19.2 Å². The maximum atomic E-state index is 10.6. The van der Waals surface area contributed by atoms with Crippen LogP contribution in [0.25, 0.3) is 0 Å². The first kappa shape index (κ1) is 9.51. The maximum absolute atomic E-state index is 10.6. The van der Waals surface area contributed by atoms with E-state index < -0.39 is 0 Å². The molecule has 4 nitrogen and oxygen atoms in total. The van der Waals surface area contributed by atoms with Crippen molar-refractivity contribution in [3.63, 3.8) is 0 Å². The fourth-order valence-electron chi connectivity index (χ4n) is 1.15. The zero-order valence-corrected chi connectivity index (χ0v) is 7.92. The molecule has 1 rings (SSSR count). The van der Waals surface area contributed by atoms with Crippen LogP contribution in [-0.4, -0.2) is 12.0 Å². The van der Waals surface area contributed by atoms with Gasteiger partial charge in [-0.15, -0.1) is 0 Å². The first-order valence-corrected chi connectivity index (χ1v) is 3.99. The van der Waals surface area contributed by atoms with E-state index in [1.165, 1.54) is 0 Å². The van der Waals surface area contributed by atoms with Gasteiger partial charge in [0.1, 0.15) is 5.69 Å². The van der Waals surface area contributed by atoms with Crippen LogP contribution in [0, 0.1) is 24.0 Å². The lowest BCUT2D eigenvalue weighted by Gasteiger charge is -2.05. The summed E-state index contributed by atoms with van der Waals surface area (Å²) >= 11 is 0. The van der Waals surface area contributed by atoms with E-state index in [9.17, 15) is 10.1 Å². The third kappa shape index (κ3) is 1.77. The number of anilines is 1. The van der Waals surface area contributed by atoms with Crippen LogP contribution in [0.4, 0.5) is 11.4 Å². The molecule has 70 valence electrons. The van der Waals surface area contributed by atoms with Gasteiger partial charge in [-0.3, -0.25) is 10.1 Å². The molecule has 0 amide bonds. The number of benzene rings is 1. The van der Waals surface area contributed by atoms with E-state index >= 15 is 0 Å². The molecule has 0 aliphatic carbocycles. The van der Waals surface area contributed by atoms with Crippen LogP contribution in [0.5, 0.6) is 0 Å². The third-order valence-electron chi connectivity index (χ3n) is 2.08. The van der Waals surface area contributed by atoms with E-state index in [-0.39, 0.29) is 10.6 Å². The van der Waals surface area contributed by atoms with Gasteiger partial charge in [0.05, 0.1) is 4.92 Å². The molecular weight excluding hydrogens is 168 g/mol. The summed E-state index contributed by atoms with van der Waals surface area (Å²) in [6.07, 6.45) is 0. The number of aryl methyl sites for hydroxylation is 2. The molecule has 0 spiro atoms. The highest BCUT2D eigenvalue weighted by molar-refractivity contribution is 5.64. The van der Waals surface area contributed by atoms with Crippen molar-refractivity contribution in [3.05, 3.63) is 33.4 Å². The van der Waals surface area contributed by atoms with E-state index in [1.807, 2.05) is 13.8 Å². The lowest BCUT2D eigenvalue weighted by Crippen LogP contribution is -1.98. The highest BCUT2D eigenvalue weighted by atomic mass is 16.6. The van der Waals surface area contributed by atoms with Gasteiger partial charge >= 0.3 is 0 Å².